The maximum atomic E-state index is 12.0. The van der Waals surface area contributed by atoms with Gasteiger partial charge in [0.15, 0.2) is 0 Å². The Bertz CT molecular complexity index is 479. The smallest absolute Gasteiger partial charge is 0.317 e. The average Bonchev–Trinajstić information content (AvgIpc) is 2.42. The molecule has 0 aromatic heterocycles. The normalized spacial score (nSPS) is 11.8. The molecule has 0 aliphatic carbocycles. The number of carbonyl (C=O) groups is 2. The van der Waals surface area contributed by atoms with Crippen LogP contribution in [-0.4, -0.2) is 35.6 Å². The fraction of sp³-hybridized carbons (Fsp3) is 0.429. The summed E-state index contributed by atoms with van der Waals surface area (Å²) in [5.41, 5.74) is 1.02. The first kappa shape index (κ1) is 16.5. The molecule has 110 valence electrons. The molecule has 20 heavy (non-hydrogen) atoms. The summed E-state index contributed by atoms with van der Waals surface area (Å²) >= 11 is 3.47. The molecule has 0 aliphatic heterocycles. The molecule has 0 aliphatic rings. The second-order valence-electron chi connectivity index (χ2n) is 4.54. The monoisotopic (exact) mass is 342 g/mol. The summed E-state index contributed by atoms with van der Waals surface area (Å²) in [6, 6.07) is 7.46. The lowest BCUT2D eigenvalue weighted by molar-refractivity contribution is -0.137. The molecule has 0 saturated carbocycles. The maximum absolute atomic E-state index is 12.0. The topological polar surface area (TPSA) is 69.6 Å². The zero-order valence-electron chi connectivity index (χ0n) is 11.6. The number of nitrogens with one attached hydrogen (secondary N) is 1. The van der Waals surface area contributed by atoms with Gasteiger partial charge in [0.1, 0.15) is 0 Å². The molecule has 0 radical (unpaired) electrons. The summed E-state index contributed by atoms with van der Waals surface area (Å²) in [6.45, 7) is 2.30. The minimum atomic E-state index is -0.853. The Morgan fingerprint density at radius 1 is 1.40 bits per heavy atom. The molecular formula is C14H19BrN2O3. The van der Waals surface area contributed by atoms with Gasteiger partial charge in [-0.2, -0.15) is 0 Å². The second-order valence-corrected chi connectivity index (χ2v) is 5.39. The number of rotatable bonds is 6. The van der Waals surface area contributed by atoms with Gasteiger partial charge in [-0.1, -0.05) is 34.1 Å². The van der Waals surface area contributed by atoms with Gasteiger partial charge in [-0.3, -0.25) is 4.79 Å². The third kappa shape index (κ3) is 4.85. The molecule has 6 heteroatoms. The summed E-state index contributed by atoms with van der Waals surface area (Å²) in [5.74, 6) is -0.853. The first-order valence-corrected chi connectivity index (χ1v) is 7.19. The molecule has 1 aromatic rings. The van der Waals surface area contributed by atoms with Crippen LogP contribution in [0.2, 0.25) is 0 Å². The van der Waals surface area contributed by atoms with Gasteiger partial charge in [0.05, 0.1) is 6.04 Å². The minimum absolute atomic E-state index is 0.0593. The Hall–Kier alpha value is -1.56. The van der Waals surface area contributed by atoms with Crippen LogP contribution >= 0.6 is 15.9 Å². The third-order valence-corrected chi connectivity index (χ3v) is 3.82. The molecule has 0 bridgehead atoms. The first-order valence-electron chi connectivity index (χ1n) is 6.40. The Morgan fingerprint density at radius 2 is 2.05 bits per heavy atom. The van der Waals surface area contributed by atoms with Crippen LogP contribution in [0.25, 0.3) is 0 Å². The molecular weight excluding hydrogens is 324 g/mol. The predicted octanol–water partition coefficient (Wildman–Crippen LogP) is 3.02. The highest BCUT2D eigenvalue weighted by Crippen LogP contribution is 2.26. The van der Waals surface area contributed by atoms with E-state index in [4.69, 9.17) is 5.11 Å². The van der Waals surface area contributed by atoms with Gasteiger partial charge in [0.25, 0.3) is 0 Å². The third-order valence-electron chi connectivity index (χ3n) is 3.10. The molecule has 2 amide bonds. The van der Waals surface area contributed by atoms with Crippen molar-refractivity contribution in [1.29, 1.82) is 0 Å². The molecule has 5 nitrogen and oxygen atoms in total. The molecule has 2 N–H and O–H groups in total. The summed E-state index contributed by atoms with van der Waals surface area (Å²) in [7, 11) is 1.72. The van der Waals surface area contributed by atoms with Crippen molar-refractivity contribution in [2.45, 2.75) is 25.8 Å². The van der Waals surface area contributed by atoms with Gasteiger partial charge in [0, 0.05) is 24.5 Å². The molecule has 1 unspecified atom stereocenters. The fourth-order valence-electron chi connectivity index (χ4n) is 1.76. The van der Waals surface area contributed by atoms with Crippen molar-refractivity contribution in [2.24, 2.45) is 0 Å². The van der Waals surface area contributed by atoms with Gasteiger partial charge in [-0.05, 0) is 25.0 Å². The van der Waals surface area contributed by atoms with Crippen molar-refractivity contribution in [2.75, 3.05) is 13.6 Å². The average molecular weight is 343 g/mol. The largest absolute Gasteiger partial charge is 0.481 e. The van der Waals surface area contributed by atoms with E-state index < -0.39 is 5.97 Å². The van der Waals surface area contributed by atoms with E-state index >= 15 is 0 Å². The highest BCUT2D eigenvalue weighted by atomic mass is 79.9. The number of hydrogen-bond acceptors (Lipinski definition) is 2. The van der Waals surface area contributed by atoms with Crippen LogP contribution in [0.4, 0.5) is 4.79 Å². The Morgan fingerprint density at radius 3 is 2.65 bits per heavy atom. The van der Waals surface area contributed by atoms with Crippen molar-refractivity contribution in [3.05, 3.63) is 34.3 Å². The van der Waals surface area contributed by atoms with Crippen molar-refractivity contribution in [3.63, 3.8) is 0 Å². The van der Waals surface area contributed by atoms with E-state index in [0.717, 1.165) is 10.0 Å². The van der Waals surface area contributed by atoms with Crippen LogP contribution in [-0.2, 0) is 4.79 Å². The molecule has 1 atom stereocenters. The number of nitrogens with zero attached hydrogens (tertiary/aromatic N) is 1. The zero-order chi connectivity index (χ0) is 15.1. The van der Waals surface area contributed by atoms with E-state index in [1.807, 2.05) is 31.2 Å². The number of halogens is 1. The zero-order valence-corrected chi connectivity index (χ0v) is 13.2. The first-order chi connectivity index (χ1) is 9.43. The number of hydrogen-bond donors (Lipinski definition) is 2. The molecule has 1 rings (SSSR count). The van der Waals surface area contributed by atoms with E-state index in [1.54, 1.807) is 11.9 Å². The lowest BCUT2D eigenvalue weighted by Crippen LogP contribution is -2.39. The van der Waals surface area contributed by atoms with E-state index in [-0.39, 0.29) is 18.5 Å². The summed E-state index contributed by atoms with van der Waals surface area (Å²) in [6.07, 6.45) is 0.488. The number of urea groups is 1. The minimum Gasteiger partial charge on any atom is -0.481 e. The van der Waals surface area contributed by atoms with Crippen LogP contribution in [0, 0.1) is 0 Å². The number of aliphatic carboxylic acids is 1. The molecule has 0 heterocycles. The summed E-state index contributed by atoms with van der Waals surface area (Å²) in [4.78, 5) is 23.9. The maximum Gasteiger partial charge on any atom is 0.317 e. The van der Waals surface area contributed by atoms with Crippen LogP contribution in [0.15, 0.2) is 28.7 Å². The Labute approximate surface area is 127 Å². The Kier molecular flexibility index (Phi) is 6.51. The predicted molar refractivity (Wildman–Crippen MR) is 80.6 cm³/mol. The van der Waals surface area contributed by atoms with Gasteiger partial charge in [-0.25, -0.2) is 4.79 Å². The summed E-state index contributed by atoms with van der Waals surface area (Å²) in [5, 5.41) is 11.2. The van der Waals surface area contributed by atoms with Gasteiger partial charge < -0.3 is 15.3 Å². The number of carboxylic acids is 1. The van der Waals surface area contributed by atoms with Gasteiger partial charge in [-0.15, -0.1) is 0 Å². The van der Waals surface area contributed by atoms with Crippen LogP contribution in [0.1, 0.15) is 31.4 Å². The lowest BCUT2D eigenvalue weighted by atomic mass is 10.1. The number of carbonyl (C=O) groups excluding carboxylic acids is 1. The highest BCUT2D eigenvalue weighted by Gasteiger charge is 2.18. The lowest BCUT2D eigenvalue weighted by Gasteiger charge is -2.26. The van der Waals surface area contributed by atoms with Gasteiger partial charge in [0.2, 0.25) is 0 Å². The van der Waals surface area contributed by atoms with Crippen LogP contribution < -0.4 is 5.32 Å². The number of amides is 2. The van der Waals surface area contributed by atoms with E-state index in [9.17, 15) is 9.59 Å². The molecule has 0 fully saturated rings. The van der Waals surface area contributed by atoms with Crippen LogP contribution in [0.5, 0.6) is 0 Å². The second kappa shape index (κ2) is 7.89. The number of carboxylic acid groups (broad SMARTS) is 1. The molecule has 0 saturated heterocycles. The van der Waals surface area contributed by atoms with Crippen molar-refractivity contribution >= 4 is 27.9 Å². The Balaban J connectivity index is 2.52. The summed E-state index contributed by atoms with van der Waals surface area (Å²) < 4.78 is 0.957. The van der Waals surface area contributed by atoms with E-state index in [2.05, 4.69) is 21.2 Å². The molecule has 0 spiro atoms. The van der Waals surface area contributed by atoms with Crippen molar-refractivity contribution in [3.8, 4) is 0 Å². The van der Waals surface area contributed by atoms with Crippen LogP contribution in [0.3, 0.4) is 0 Å². The van der Waals surface area contributed by atoms with Crippen molar-refractivity contribution < 1.29 is 14.7 Å². The van der Waals surface area contributed by atoms with E-state index in [0.29, 0.717) is 13.0 Å². The van der Waals surface area contributed by atoms with Gasteiger partial charge >= 0.3 is 12.0 Å². The number of benzene rings is 1. The van der Waals surface area contributed by atoms with E-state index in [1.165, 1.54) is 0 Å². The van der Waals surface area contributed by atoms with Crippen molar-refractivity contribution in [1.82, 2.24) is 10.2 Å². The standard InChI is InChI=1S/C14H19BrN2O3/c1-10(11-6-3-4-7-12(11)15)17(2)14(20)16-9-5-8-13(18)19/h3-4,6-7,10H,5,8-9H2,1-2H3,(H,16,20)(H,18,19). The SMILES string of the molecule is CC(c1ccccc1Br)N(C)C(=O)NCCCC(=O)O. The fourth-order valence-corrected chi connectivity index (χ4v) is 2.37. The quantitative estimate of drug-likeness (QED) is 0.780. The highest BCUT2D eigenvalue weighted by molar-refractivity contribution is 9.10. The molecule has 1 aromatic carbocycles.